The molecule has 0 amide bonds. The Morgan fingerprint density at radius 1 is 1.26 bits per heavy atom. The van der Waals surface area contributed by atoms with Crippen molar-refractivity contribution in [3.8, 4) is 0 Å². The predicted molar refractivity (Wildman–Crippen MR) is 69.3 cm³/mol. The van der Waals surface area contributed by atoms with Crippen LogP contribution in [0.2, 0.25) is 0 Å². The fraction of sp³-hybridized carbons (Fsp3) is 0.933. The second-order valence-corrected chi connectivity index (χ2v) is 6.54. The van der Waals surface area contributed by atoms with Crippen molar-refractivity contribution in [2.24, 2.45) is 29.6 Å². The fourth-order valence-electron chi connectivity index (χ4n) is 4.26. The first-order chi connectivity index (χ1) is 9.15. The van der Waals surface area contributed by atoms with E-state index in [1.54, 1.807) is 0 Å². The molecule has 1 heterocycles. The first-order valence-corrected chi connectivity index (χ1v) is 7.50. The van der Waals surface area contributed by atoms with Gasteiger partial charge in [-0.05, 0) is 42.4 Å². The number of carbonyl (C=O) groups excluding carboxylic acids is 1. The smallest absolute Gasteiger partial charge is 0.306 e. The van der Waals surface area contributed by atoms with Crippen molar-refractivity contribution in [3.63, 3.8) is 0 Å². The van der Waals surface area contributed by atoms with Crippen LogP contribution in [0.5, 0.6) is 0 Å². The van der Waals surface area contributed by atoms with Gasteiger partial charge in [-0.3, -0.25) is 4.79 Å². The summed E-state index contributed by atoms with van der Waals surface area (Å²) in [5, 5.41) is 0. The second-order valence-electron chi connectivity index (χ2n) is 6.54. The van der Waals surface area contributed by atoms with Crippen molar-refractivity contribution in [2.45, 2.75) is 39.2 Å². The maximum absolute atomic E-state index is 11.9. The average molecular weight is 268 g/mol. The molecule has 0 spiro atoms. The Morgan fingerprint density at radius 3 is 2.74 bits per heavy atom. The summed E-state index contributed by atoms with van der Waals surface area (Å²) in [6.07, 6.45) is 3.06. The van der Waals surface area contributed by atoms with Crippen LogP contribution in [0.15, 0.2) is 0 Å². The second kappa shape index (κ2) is 5.41. The van der Waals surface area contributed by atoms with E-state index >= 15 is 0 Å². The third-order valence-electron chi connectivity index (χ3n) is 5.58. The van der Waals surface area contributed by atoms with Crippen LogP contribution in [0.1, 0.15) is 33.1 Å². The van der Waals surface area contributed by atoms with E-state index in [2.05, 4.69) is 13.8 Å². The van der Waals surface area contributed by atoms with Gasteiger partial charge in [0.05, 0.1) is 6.61 Å². The Hall–Kier alpha value is -0.610. The van der Waals surface area contributed by atoms with Crippen molar-refractivity contribution >= 4 is 5.97 Å². The minimum absolute atomic E-state index is 0.0621. The lowest BCUT2D eigenvalue weighted by Crippen LogP contribution is -2.27. The van der Waals surface area contributed by atoms with Crippen LogP contribution >= 0.6 is 0 Å². The molecule has 0 aromatic heterocycles. The molecule has 4 nitrogen and oxygen atoms in total. The number of rotatable bonds is 4. The third-order valence-corrected chi connectivity index (χ3v) is 5.58. The molecule has 2 saturated carbocycles. The molecule has 0 N–H and O–H groups in total. The van der Waals surface area contributed by atoms with Gasteiger partial charge in [-0.1, -0.05) is 13.8 Å². The maximum Gasteiger partial charge on any atom is 0.306 e. The maximum atomic E-state index is 11.9. The Bertz CT molecular complexity index is 335. The van der Waals surface area contributed by atoms with Crippen LogP contribution in [0, 0.1) is 29.6 Å². The first kappa shape index (κ1) is 13.4. The lowest BCUT2D eigenvalue weighted by molar-refractivity contribution is -0.148. The third kappa shape index (κ3) is 2.65. The van der Waals surface area contributed by atoms with Gasteiger partial charge in [-0.2, -0.15) is 0 Å². The van der Waals surface area contributed by atoms with E-state index in [1.165, 1.54) is 12.8 Å². The molecule has 4 heteroatoms. The van der Waals surface area contributed by atoms with Crippen LogP contribution in [0.25, 0.3) is 0 Å². The Morgan fingerprint density at radius 2 is 2.11 bits per heavy atom. The zero-order valence-corrected chi connectivity index (χ0v) is 11.8. The summed E-state index contributed by atoms with van der Waals surface area (Å²) < 4.78 is 15.6. The molecule has 0 aromatic carbocycles. The van der Waals surface area contributed by atoms with E-state index in [0.717, 1.165) is 23.7 Å². The minimum Gasteiger partial charge on any atom is -0.463 e. The van der Waals surface area contributed by atoms with Crippen LogP contribution in [-0.4, -0.2) is 32.1 Å². The highest BCUT2D eigenvalue weighted by atomic mass is 16.7. The molecule has 1 aliphatic heterocycles. The standard InChI is InChI=1S/C15H24O4/c1-9-10(2)14-4-11(9)3-12(14)5-15(16)18-7-13-6-17-8-19-13/h9-14H,3-8H2,1-2H3. The van der Waals surface area contributed by atoms with Gasteiger partial charge in [0.1, 0.15) is 19.5 Å². The SMILES string of the molecule is CC1C2CC(CC(=O)OCC3COCO3)C(C2)C1C. The van der Waals surface area contributed by atoms with Gasteiger partial charge in [-0.25, -0.2) is 0 Å². The van der Waals surface area contributed by atoms with Crippen LogP contribution < -0.4 is 0 Å². The van der Waals surface area contributed by atoms with Gasteiger partial charge in [0.25, 0.3) is 0 Å². The summed E-state index contributed by atoms with van der Waals surface area (Å²) >= 11 is 0. The minimum atomic E-state index is -0.0667. The molecule has 19 heavy (non-hydrogen) atoms. The van der Waals surface area contributed by atoms with Gasteiger partial charge >= 0.3 is 5.97 Å². The van der Waals surface area contributed by atoms with Crippen molar-refractivity contribution < 1.29 is 19.0 Å². The highest BCUT2D eigenvalue weighted by Gasteiger charge is 2.49. The number of esters is 1. The Labute approximate surface area is 114 Å². The van der Waals surface area contributed by atoms with Gasteiger partial charge in [-0.15, -0.1) is 0 Å². The fourth-order valence-corrected chi connectivity index (χ4v) is 4.26. The van der Waals surface area contributed by atoms with E-state index in [1.807, 2.05) is 0 Å². The largest absolute Gasteiger partial charge is 0.463 e. The molecule has 0 aromatic rings. The first-order valence-electron chi connectivity index (χ1n) is 7.50. The molecule has 0 radical (unpaired) electrons. The van der Waals surface area contributed by atoms with Gasteiger partial charge in [0.15, 0.2) is 0 Å². The van der Waals surface area contributed by atoms with E-state index in [-0.39, 0.29) is 12.1 Å². The van der Waals surface area contributed by atoms with Crippen molar-refractivity contribution in [3.05, 3.63) is 0 Å². The molecule has 1 saturated heterocycles. The topological polar surface area (TPSA) is 44.8 Å². The summed E-state index contributed by atoms with van der Waals surface area (Å²) in [6.45, 7) is 5.91. The van der Waals surface area contributed by atoms with E-state index < -0.39 is 0 Å². The summed E-state index contributed by atoms with van der Waals surface area (Å²) in [6, 6.07) is 0. The Balaban J connectivity index is 1.43. The van der Waals surface area contributed by atoms with Crippen LogP contribution in [0.4, 0.5) is 0 Å². The van der Waals surface area contributed by atoms with Gasteiger partial charge < -0.3 is 14.2 Å². The number of hydrogen-bond acceptors (Lipinski definition) is 4. The zero-order chi connectivity index (χ0) is 13.4. The quantitative estimate of drug-likeness (QED) is 0.733. The molecular weight excluding hydrogens is 244 g/mol. The van der Waals surface area contributed by atoms with Crippen molar-refractivity contribution in [2.75, 3.05) is 20.0 Å². The van der Waals surface area contributed by atoms with Gasteiger partial charge in [0.2, 0.25) is 0 Å². The summed E-state index contributed by atoms with van der Waals surface area (Å²) in [4.78, 5) is 11.9. The molecule has 3 fully saturated rings. The number of carbonyl (C=O) groups is 1. The molecule has 3 aliphatic rings. The summed E-state index contributed by atoms with van der Waals surface area (Å²) in [5.41, 5.74) is 0. The van der Waals surface area contributed by atoms with Crippen LogP contribution in [0.3, 0.4) is 0 Å². The molecule has 2 aliphatic carbocycles. The molecule has 108 valence electrons. The molecule has 6 unspecified atom stereocenters. The van der Waals surface area contributed by atoms with Crippen LogP contribution in [-0.2, 0) is 19.0 Å². The van der Waals surface area contributed by atoms with Gasteiger partial charge in [0, 0.05) is 6.42 Å². The lowest BCUT2D eigenvalue weighted by Gasteiger charge is -2.31. The Kier molecular flexibility index (Phi) is 3.81. The average Bonchev–Trinajstić information content (AvgIpc) is 3.07. The normalized spacial score (nSPS) is 44.7. The van der Waals surface area contributed by atoms with Crippen molar-refractivity contribution in [1.29, 1.82) is 0 Å². The molecule has 2 bridgehead atoms. The molecule has 6 atom stereocenters. The molecular formula is C15H24O4. The highest BCUT2D eigenvalue weighted by Crippen LogP contribution is 2.55. The van der Waals surface area contributed by atoms with Crippen molar-refractivity contribution in [1.82, 2.24) is 0 Å². The number of ether oxygens (including phenoxy) is 3. The van der Waals surface area contributed by atoms with E-state index in [0.29, 0.717) is 32.3 Å². The number of fused-ring (bicyclic) bond motifs is 2. The highest BCUT2D eigenvalue weighted by molar-refractivity contribution is 5.69. The predicted octanol–water partition coefficient (Wildman–Crippen LogP) is 2.22. The monoisotopic (exact) mass is 268 g/mol. The summed E-state index contributed by atoms with van der Waals surface area (Å²) in [7, 11) is 0. The van der Waals surface area contributed by atoms with E-state index in [9.17, 15) is 4.79 Å². The van der Waals surface area contributed by atoms with E-state index in [4.69, 9.17) is 14.2 Å². The summed E-state index contributed by atoms with van der Waals surface area (Å²) in [5.74, 6) is 3.66. The number of hydrogen-bond donors (Lipinski definition) is 0. The zero-order valence-electron chi connectivity index (χ0n) is 11.8. The lowest BCUT2D eigenvalue weighted by atomic mass is 9.74. The molecule has 3 rings (SSSR count).